The first-order valence-electron chi connectivity index (χ1n) is 31.6. The standard InChI is InChI=1S/C84H58F2N4S2/c1-50(87-71-28-12-4-20-57(71)58-21-5-13-29-72(58)87)48-69(52(3)89-75-32-16-8-24-61(75)65-44-46-67-63-26-10-18-34-77(63)91-83(67)81(65)89)79(54-38-42-56(86)43-39-54)80(90-76-33-17-9-25-62(76)66-45-47-68-64-27-11-19-35-78(64)92-84(68)82(66)90)70(53-36-40-55(85)41-37-53)49-51(2)88-73-30-14-6-22-59(73)60-23-7-15-31-74(60)88/h4-47,49-51H,48H2,1-3H3/b69-52+,70-49+,80-79+. The van der Waals surface area contributed by atoms with E-state index in [2.05, 4.69) is 264 Å². The molecule has 0 aliphatic carbocycles. The fraction of sp³-hybridized carbons (Fsp3) is 0.0714. The van der Waals surface area contributed by atoms with Gasteiger partial charge in [0.15, 0.2) is 0 Å². The molecule has 0 fully saturated rings. The van der Waals surface area contributed by atoms with Gasteiger partial charge in [-0.1, -0.05) is 200 Å². The largest absolute Gasteiger partial charge is 0.337 e. The summed E-state index contributed by atoms with van der Waals surface area (Å²) >= 11 is 3.66. The fourth-order valence-electron chi connectivity index (χ4n) is 15.5. The van der Waals surface area contributed by atoms with Crippen LogP contribution in [0.25, 0.3) is 150 Å². The van der Waals surface area contributed by atoms with Crippen LogP contribution in [0.4, 0.5) is 8.78 Å². The van der Waals surface area contributed by atoms with Crippen molar-refractivity contribution in [3.63, 3.8) is 0 Å². The monoisotopic (exact) mass is 1220 g/mol. The lowest BCUT2D eigenvalue weighted by atomic mass is 9.85. The van der Waals surface area contributed by atoms with Gasteiger partial charge < -0.3 is 18.3 Å². The number of benzene rings is 12. The second-order valence-electron chi connectivity index (χ2n) is 24.6. The zero-order chi connectivity index (χ0) is 61.5. The highest BCUT2D eigenvalue weighted by Crippen LogP contribution is 2.52. The summed E-state index contributed by atoms with van der Waals surface area (Å²) in [5.41, 5.74) is 15.3. The topological polar surface area (TPSA) is 19.7 Å². The maximum atomic E-state index is 16.3. The van der Waals surface area contributed by atoms with Gasteiger partial charge in [0.25, 0.3) is 0 Å². The van der Waals surface area contributed by atoms with E-state index in [0.29, 0.717) is 6.42 Å². The van der Waals surface area contributed by atoms with Gasteiger partial charge in [0.1, 0.15) is 11.6 Å². The number of rotatable bonds is 11. The van der Waals surface area contributed by atoms with Crippen LogP contribution in [-0.4, -0.2) is 18.3 Å². The molecule has 6 aromatic heterocycles. The number of halogens is 2. The molecule has 12 aromatic carbocycles. The Kier molecular flexibility index (Phi) is 12.5. The highest BCUT2D eigenvalue weighted by molar-refractivity contribution is 7.27. The number of para-hydroxylation sites is 6. The molecule has 2 unspecified atom stereocenters. The van der Waals surface area contributed by atoms with Gasteiger partial charge in [-0.3, -0.25) is 0 Å². The number of allylic oxidation sites excluding steroid dienone is 6. The molecule has 0 saturated carbocycles. The van der Waals surface area contributed by atoms with Crippen LogP contribution in [0, 0.1) is 11.6 Å². The van der Waals surface area contributed by atoms with Crippen LogP contribution in [0.2, 0.25) is 0 Å². The summed E-state index contributed by atoms with van der Waals surface area (Å²) in [6.07, 6.45) is 2.94. The number of fused-ring (bicyclic) bond motifs is 20. The minimum atomic E-state index is -0.330. The predicted molar refractivity (Wildman–Crippen MR) is 390 cm³/mol. The summed E-state index contributed by atoms with van der Waals surface area (Å²) in [6.45, 7) is 6.98. The zero-order valence-electron chi connectivity index (χ0n) is 50.7. The summed E-state index contributed by atoms with van der Waals surface area (Å²) < 4.78 is 47.3. The van der Waals surface area contributed by atoms with Gasteiger partial charge in [-0.25, -0.2) is 8.78 Å². The van der Waals surface area contributed by atoms with Crippen molar-refractivity contribution >= 4 is 173 Å². The van der Waals surface area contributed by atoms with Gasteiger partial charge in [0.05, 0.1) is 43.2 Å². The van der Waals surface area contributed by atoms with Crippen LogP contribution in [0.3, 0.4) is 0 Å². The average Bonchev–Trinajstić information content (AvgIpc) is 1.54. The Balaban J connectivity index is 1.08. The van der Waals surface area contributed by atoms with Crippen LogP contribution < -0.4 is 0 Å². The first kappa shape index (κ1) is 54.3. The molecule has 0 aliphatic heterocycles. The van der Waals surface area contributed by atoms with E-state index in [1.54, 1.807) is 24.3 Å². The van der Waals surface area contributed by atoms with Crippen LogP contribution in [0.15, 0.2) is 279 Å². The average molecular weight is 1230 g/mol. The second-order valence-corrected chi connectivity index (χ2v) is 26.7. The Morgan fingerprint density at radius 3 is 1.20 bits per heavy atom. The molecule has 0 radical (unpaired) electrons. The predicted octanol–water partition coefficient (Wildman–Crippen LogP) is 24.4. The Hall–Kier alpha value is -10.6. The van der Waals surface area contributed by atoms with Gasteiger partial charge in [-0.05, 0) is 117 Å². The maximum Gasteiger partial charge on any atom is 0.123 e. The number of hydrogen-bond donors (Lipinski definition) is 0. The Morgan fingerprint density at radius 1 is 0.370 bits per heavy atom. The first-order chi connectivity index (χ1) is 45.3. The fourth-order valence-corrected chi connectivity index (χ4v) is 18.0. The number of thiophene rings is 2. The SMILES string of the molecule is C\C(=C(CC(C)n1c2ccccc2c2ccccc21)/C(=C(\C(=C\C(C)n1c2ccccc2c2ccccc21)c1ccc(F)cc1)n1c2ccccc2c2ccc3c4ccccc4sc3c21)c1ccc(F)cc1)n1c2ccccc2c2ccc3c4ccccc4sc3c21. The van der Waals surface area contributed by atoms with Crippen molar-refractivity contribution in [2.24, 2.45) is 0 Å². The summed E-state index contributed by atoms with van der Waals surface area (Å²) in [6, 6.07) is 93.3. The highest BCUT2D eigenvalue weighted by Gasteiger charge is 2.31. The number of aromatic nitrogens is 4. The lowest BCUT2D eigenvalue weighted by molar-refractivity contribution is 0.581. The smallest absolute Gasteiger partial charge is 0.123 e. The van der Waals surface area contributed by atoms with E-state index >= 15 is 8.78 Å². The van der Waals surface area contributed by atoms with Gasteiger partial charge in [0.2, 0.25) is 0 Å². The molecule has 92 heavy (non-hydrogen) atoms. The molecule has 18 aromatic rings. The Bertz CT molecular complexity index is 6070. The summed E-state index contributed by atoms with van der Waals surface area (Å²) in [5.74, 6) is -0.657. The van der Waals surface area contributed by atoms with Crippen molar-refractivity contribution in [1.29, 1.82) is 0 Å². The van der Waals surface area contributed by atoms with Gasteiger partial charge in [0, 0.05) is 119 Å². The van der Waals surface area contributed by atoms with E-state index in [1.807, 2.05) is 46.9 Å². The van der Waals surface area contributed by atoms with Crippen molar-refractivity contribution in [2.45, 2.75) is 39.3 Å². The normalized spacial score (nSPS) is 13.9. The molecule has 0 amide bonds. The van der Waals surface area contributed by atoms with E-state index in [0.717, 1.165) is 104 Å². The van der Waals surface area contributed by atoms with Gasteiger partial charge in [-0.15, -0.1) is 22.7 Å². The minimum absolute atomic E-state index is 0.166. The van der Waals surface area contributed by atoms with Crippen LogP contribution in [0.1, 0.15) is 50.4 Å². The molecule has 0 spiro atoms. The Morgan fingerprint density at radius 2 is 0.728 bits per heavy atom. The molecule has 4 nitrogen and oxygen atoms in total. The van der Waals surface area contributed by atoms with Gasteiger partial charge >= 0.3 is 0 Å². The van der Waals surface area contributed by atoms with Crippen molar-refractivity contribution in [1.82, 2.24) is 18.3 Å². The molecule has 0 aliphatic rings. The number of nitrogens with zero attached hydrogens (tertiary/aromatic N) is 4. The zero-order valence-corrected chi connectivity index (χ0v) is 52.3. The van der Waals surface area contributed by atoms with E-state index in [9.17, 15) is 0 Å². The molecule has 2 atom stereocenters. The second kappa shape index (κ2) is 21.2. The minimum Gasteiger partial charge on any atom is -0.337 e. The molecule has 0 N–H and O–H groups in total. The molecule has 8 heteroatoms. The molecule has 6 heterocycles. The molecular formula is C84H58F2N4S2. The number of hydrogen-bond acceptors (Lipinski definition) is 2. The van der Waals surface area contributed by atoms with Crippen molar-refractivity contribution in [2.75, 3.05) is 0 Å². The highest BCUT2D eigenvalue weighted by atomic mass is 32.1. The third kappa shape index (κ3) is 8.23. The quantitative estimate of drug-likeness (QED) is 0.115. The lowest BCUT2D eigenvalue weighted by Crippen LogP contribution is -2.13. The van der Waals surface area contributed by atoms with Crippen molar-refractivity contribution in [3.05, 3.63) is 301 Å². The first-order valence-corrected chi connectivity index (χ1v) is 33.2. The third-order valence-electron chi connectivity index (χ3n) is 19.4. The third-order valence-corrected chi connectivity index (χ3v) is 21.8. The Labute approximate surface area is 536 Å². The van der Waals surface area contributed by atoms with Crippen molar-refractivity contribution in [3.8, 4) is 0 Å². The van der Waals surface area contributed by atoms with Crippen LogP contribution in [0.5, 0.6) is 0 Å². The van der Waals surface area contributed by atoms with E-state index < -0.39 is 0 Å². The van der Waals surface area contributed by atoms with E-state index in [-0.39, 0.29) is 23.7 Å². The van der Waals surface area contributed by atoms with Crippen LogP contribution >= 0.6 is 22.7 Å². The molecule has 440 valence electrons. The van der Waals surface area contributed by atoms with E-state index in [1.165, 1.54) is 62.6 Å². The molecule has 0 saturated heterocycles. The molecular weight excluding hydrogens is 1170 g/mol. The summed E-state index contributed by atoms with van der Waals surface area (Å²) in [5, 5.41) is 14.1. The maximum absolute atomic E-state index is 16.3. The van der Waals surface area contributed by atoms with E-state index in [4.69, 9.17) is 0 Å². The molecule has 18 rings (SSSR count). The van der Waals surface area contributed by atoms with Gasteiger partial charge in [-0.2, -0.15) is 0 Å². The van der Waals surface area contributed by atoms with Crippen molar-refractivity contribution < 1.29 is 8.78 Å². The molecule has 0 bridgehead atoms. The lowest BCUT2D eigenvalue weighted by Gasteiger charge is -2.29. The van der Waals surface area contributed by atoms with Crippen LogP contribution in [-0.2, 0) is 0 Å². The summed E-state index contributed by atoms with van der Waals surface area (Å²) in [4.78, 5) is 0. The summed E-state index contributed by atoms with van der Waals surface area (Å²) in [7, 11) is 0.